The predicted molar refractivity (Wildman–Crippen MR) is 103 cm³/mol. The summed E-state index contributed by atoms with van der Waals surface area (Å²) in [6.07, 6.45) is 1.05. The van der Waals surface area contributed by atoms with Crippen molar-refractivity contribution >= 4 is 28.8 Å². The van der Waals surface area contributed by atoms with Crippen LogP contribution in [-0.4, -0.2) is 39.2 Å². The Kier molecular flexibility index (Phi) is 4.04. The molecule has 2 unspecified atom stereocenters. The Hall–Kier alpha value is -2.54. The minimum atomic E-state index is 0.0634. The normalized spacial score (nSPS) is 21.3. The van der Waals surface area contributed by atoms with Crippen molar-refractivity contribution in [3.63, 3.8) is 0 Å². The van der Waals surface area contributed by atoms with Crippen LogP contribution >= 0.6 is 11.8 Å². The molecule has 0 radical (unpaired) electrons. The second kappa shape index (κ2) is 6.56. The van der Waals surface area contributed by atoms with Gasteiger partial charge >= 0.3 is 0 Å². The molecule has 27 heavy (non-hydrogen) atoms. The summed E-state index contributed by atoms with van der Waals surface area (Å²) in [5.41, 5.74) is 2.67. The lowest BCUT2D eigenvalue weighted by atomic mass is 9.83. The van der Waals surface area contributed by atoms with Gasteiger partial charge in [-0.3, -0.25) is 9.59 Å². The molecule has 2 bridgehead atoms. The Morgan fingerprint density at radius 3 is 2.93 bits per heavy atom. The maximum atomic E-state index is 12.8. The number of carbonyl (C=O) groups excluding carboxylic acids is 1. The first kappa shape index (κ1) is 16.6. The highest BCUT2D eigenvalue weighted by molar-refractivity contribution is 7.99. The highest BCUT2D eigenvalue weighted by atomic mass is 32.2. The van der Waals surface area contributed by atoms with Crippen molar-refractivity contribution in [3.05, 3.63) is 58.5 Å². The zero-order valence-corrected chi connectivity index (χ0v) is 15.5. The molecule has 2 atom stereocenters. The molecule has 6 nitrogen and oxygen atoms in total. The van der Waals surface area contributed by atoms with E-state index in [9.17, 15) is 9.59 Å². The first-order valence-electron chi connectivity index (χ1n) is 9.13. The van der Waals surface area contributed by atoms with Crippen LogP contribution in [0.5, 0.6) is 0 Å². The molecule has 138 valence electrons. The molecule has 1 fully saturated rings. The lowest BCUT2D eigenvalue weighted by molar-refractivity contribution is -0.131. The summed E-state index contributed by atoms with van der Waals surface area (Å²) >= 11 is 1.34. The Morgan fingerprint density at radius 1 is 1.15 bits per heavy atom. The van der Waals surface area contributed by atoms with E-state index in [-0.39, 0.29) is 17.4 Å². The number of oxazole rings is 1. The lowest BCUT2D eigenvalue weighted by Gasteiger charge is -2.42. The van der Waals surface area contributed by atoms with Crippen LogP contribution in [0.2, 0.25) is 0 Å². The van der Waals surface area contributed by atoms with E-state index in [4.69, 9.17) is 4.42 Å². The molecule has 2 aliphatic rings. The molecule has 3 aromatic rings. The summed E-state index contributed by atoms with van der Waals surface area (Å²) in [4.78, 5) is 31.2. The summed E-state index contributed by atoms with van der Waals surface area (Å²) in [6.45, 7) is 2.09. The standard InChI is InChI=1S/C20H19N3O3S/c24-18-7-3-5-16-14-8-13(10-23(16)18)9-22(11-14)19(25)12-27-20-21-15-4-1-2-6-17(15)26-20/h1-7,13-14H,8-12H2. The number of para-hydroxylation sites is 2. The fourth-order valence-corrected chi connectivity index (χ4v) is 4.97. The number of nitrogens with zero attached hydrogens (tertiary/aromatic N) is 3. The molecule has 1 aromatic carbocycles. The van der Waals surface area contributed by atoms with Crippen LogP contribution in [0.4, 0.5) is 0 Å². The third-order valence-electron chi connectivity index (χ3n) is 5.43. The monoisotopic (exact) mass is 381 g/mol. The molecule has 0 saturated carbocycles. The Bertz CT molecular complexity index is 1040. The SMILES string of the molecule is O=C(CSc1nc2ccccc2o1)N1CC2CC(C1)c1cccc(=O)n1C2. The zero-order chi connectivity index (χ0) is 18.4. The molecule has 0 aliphatic carbocycles. The number of thioether (sulfide) groups is 1. The van der Waals surface area contributed by atoms with E-state index >= 15 is 0 Å². The van der Waals surface area contributed by atoms with Gasteiger partial charge in [0.25, 0.3) is 10.8 Å². The number of fused-ring (bicyclic) bond motifs is 5. The van der Waals surface area contributed by atoms with Gasteiger partial charge in [-0.1, -0.05) is 30.0 Å². The number of aromatic nitrogens is 2. The summed E-state index contributed by atoms with van der Waals surface area (Å²) in [5, 5.41) is 0.527. The first-order valence-corrected chi connectivity index (χ1v) is 10.1. The highest BCUT2D eigenvalue weighted by Gasteiger charge is 2.36. The number of benzene rings is 1. The minimum absolute atomic E-state index is 0.0634. The van der Waals surface area contributed by atoms with Crippen molar-refractivity contribution in [2.24, 2.45) is 5.92 Å². The van der Waals surface area contributed by atoms with Crippen molar-refractivity contribution in [1.29, 1.82) is 0 Å². The predicted octanol–water partition coefficient (Wildman–Crippen LogP) is 2.73. The number of likely N-dealkylation sites (tertiary alicyclic amines) is 1. The van der Waals surface area contributed by atoms with Crippen LogP contribution in [0.3, 0.4) is 0 Å². The third kappa shape index (κ3) is 3.06. The molecule has 1 amide bonds. The Balaban J connectivity index is 1.28. The van der Waals surface area contributed by atoms with Gasteiger partial charge in [-0.2, -0.15) is 0 Å². The molecule has 0 spiro atoms. The first-order chi connectivity index (χ1) is 13.2. The zero-order valence-electron chi connectivity index (χ0n) is 14.7. The van der Waals surface area contributed by atoms with E-state index in [2.05, 4.69) is 4.98 Å². The fourth-order valence-electron chi connectivity index (χ4n) is 4.23. The van der Waals surface area contributed by atoms with Gasteiger partial charge in [-0.25, -0.2) is 4.98 Å². The molecular formula is C20H19N3O3S. The maximum absolute atomic E-state index is 12.8. The molecule has 0 N–H and O–H groups in total. The van der Waals surface area contributed by atoms with Gasteiger partial charge in [0.1, 0.15) is 5.52 Å². The summed E-state index contributed by atoms with van der Waals surface area (Å²) in [7, 11) is 0. The molecule has 7 heteroatoms. The Morgan fingerprint density at radius 2 is 2.04 bits per heavy atom. The van der Waals surface area contributed by atoms with Crippen molar-refractivity contribution in [2.45, 2.75) is 24.1 Å². The third-order valence-corrected chi connectivity index (χ3v) is 6.24. The number of carbonyl (C=O) groups is 1. The maximum Gasteiger partial charge on any atom is 0.257 e. The second-order valence-corrected chi connectivity index (χ2v) is 8.16. The molecule has 2 aromatic heterocycles. The van der Waals surface area contributed by atoms with Crippen molar-refractivity contribution in [2.75, 3.05) is 18.8 Å². The molecule has 2 aliphatic heterocycles. The topological polar surface area (TPSA) is 68.3 Å². The molecule has 4 heterocycles. The van der Waals surface area contributed by atoms with Gasteiger partial charge in [0.2, 0.25) is 5.91 Å². The number of pyridine rings is 1. The lowest BCUT2D eigenvalue weighted by Crippen LogP contribution is -2.49. The largest absolute Gasteiger partial charge is 0.431 e. The average Bonchev–Trinajstić information content (AvgIpc) is 3.10. The quantitative estimate of drug-likeness (QED) is 0.653. The van der Waals surface area contributed by atoms with Crippen LogP contribution in [0, 0.1) is 5.92 Å². The smallest absolute Gasteiger partial charge is 0.257 e. The van der Waals surface area contributed by atoms with E-state index in [0.717, 1.165) is 23.2 Å². The molecular weight excluding hydrogens is 362 g/mol. The van der Waals surface area contributed by atoms with Gasteiger partial charge in [0.05, 0.1) is 5.75 Å². The van der Waals surface area contributed by atoms with Gasteiger partial charge in [-0.15, -0.1) is 0 Å². The van der Waals surface area contributed by atoms with E-state index in [0.29, 0.717) is 36.5 Å². The van der Waals surface area contributed by atoms with Crippen LogP contribution in [0.15, 0.2) is 56.9 Å². The van der Waals surface area contributed by atoms with Gasteiger partial charge in [0, 0.05) is 37.3 Å². The van der Waals surface area contributed by atoms with Crippen LogP contribution in [0.25, 0.3) is 11.1 Å². The van der Waals surface area contributed by atoms with E-state index in [1.54, 1.807) is 6.07 Å². The second-order valence-electron chi connectivity index (χ2n) is 7.23. The molecule has 1 saturated heterocycles. The van der Waals surface area contributed by atoms with Crippen molar-refractivity contribution in [1.82, 2.24) is 14.5 Å². The summed E-state index contributed by atoms with van der Waals surface area (Å²) < 4.78 is 7.57. The number of piperidine rings is 1. The van der Waals surface area contributed by atoms with Gasteiger partial charge in [0.15, 0.2) is 5.58 Å². The van der Waals surface area contributed by atoms with Crippen LogP contribution in [0.1, 0.15) is 18.0 Å². The summed E-state index contributed by atoms with van der Waals surface area (Å²) in [5.74, 6) is 0.997. The number of hydrogen-bond donors (Lipinski definition) is 0. The van der Waals surface area contributed by atoms with Crippen molar-refractivity contribution < 1.29 is 9.21 Å². The van der Waals surface area contributed by atoms with E-state index < -0.39 is 0 Å². The number of rotatable bonds is 3. The number of hydrogen-bond acceptors (Lipinski definition) is 5. The average molecular weight is 381 g/mol. The van der Waals surface area contributed by atoms with Crippen LogP contribution < -0.4 is 5.56 Å². The van der Waals surface area contributed by atoms with E-state index in [1.165, 1.54) is 11.8 Å². The van der Waals surface area contributed by atoms with Gasteiger partial charge < -0.3 is 13.9 Å². The van der Waals surface area contributed by atoms with E-state index in [1.807, 2.05) is 45.9 Å². The highest BCUT2D eigenvalue weighted by Crippen LogP contribution is 2.35. The fraction of sp³-hybridized carbons (Fsp3) is 0.350. The number of amides is 1. The van der Waals surface area contributed by atoms with Gasteiger partial charge in [-0.05, 0) is 30.5 Å². The molecule has 5 rings (SSSR count). The van der Waals surface area contributed by atoms with Crippen LogP contribution in [-0.2, 0) is 11.3 Å². The summed E-state index contributed by atoms with van der Waals surface area (Å²) in [6, 6.07) is 13.0. The minimum Gasteiger partial charge on any atom is -0.431 e. The Labute approximate surface area is 160 Å². The van der Waals surface area contributed by atoms with Crippen molar-refractivity contribution in [3.8, 4) is 0 Å².